The number of likely N-dealkylation sites (tertiary alicyclic amines) is 1. The van der Waals surface area contributed by atoms with Gasteiger partial charge in [0.15, 0.2) is 0 Å². The second-order valence-corrected chi connectivity index (χ2v) is 4.60. The Kier molecular flexibility index (Phi) is 6.22. The van der Waals surface area contributed by atoms with Gasteiger partial charge in [0.25, 0.3) is 0 Å². The predicted molar refractivity (Wildman–Crippen MR) is 64.0 cm³/mol. The first-order valence-corrected chi connectivity index (χ1v) is 6.24. The van der Waals surface area contributed by atoms with Crippen LogP contribution < -0.4 is 5.73 Å². The third-order valence-corrected chi connectivity index (χ3v) is 3.48. The van der Waals surface area contributed by atoms with Gasteiger partial charge in [-0.3, -0.25) is 4.90 Å². The van der Waals surface area contributed by atoms with Gasteiger partial charge >= 0.3 is 0 Å². The van der Waals surface area contributed by atoms with Crippen LogP contribution in [0.1, 0.15) is 39.0 Å². The molecule has 3 heteroatoms. The molecule has 3 nitrogen and oxygen atoms in total. The second-order valence-electron chi connectivity index (χ2n) is 4.60. The Hall–Kier alpha value is -0.120. The van der Waals surface area contributed by atoms with Gasteiger partial charge in [0.1, 0.15) is 0 Å². The summed E-state index contributed by atoms with van der Waals surface area (Å²) in [5.41, 5.74) is 5.67. The van der Waals surface area contributed by atoms with Crippen molar-refractivity contribution in [3.63, 3.8) is 0 Å². The Morgan fingerprint density at radius 2 is 2.27 bits per heavy atom. The molecule has 2 unspecified atom stereocenters. The van der Waals surface area contributed by atoms with Gasteiger partial charge in [-0.2, -0.15) is 0 Å². The number of ether oxygens (including phenoxy) is 1. The molecular formula is C12H26N2O. The van der Waals surface area contributed by atoms with Gasteiger partial charge in [-0.1, -0.05) is 6.42 Å². The molecule has 0 spiro atoms. The van der Waals surface area contributed by atoms with Crippen molar-refractivity contribution >= 4 is 0 Å². The molecule has 90 valence electrons. The first kappa shape index (κ1) is 12.9. The highest BCUT2D eigenvalue weighted by atomic mass is 16.5. The quantitative estimate of drug-likeness (QED) is 0.730. The Balaban J connectivity index is 2.39. The van der Waals surface area contributed by atoms with E-state index in [-0.39, 0.29) is 0 Å². The largest absolute Gasteiger partial charge is 0.385 e. The average Bonchev–Trinajstić information content (AvgIpc) is 2.27. The molecule has 0 aromatic heterocycles. The van der Waals surface area contributed by atoms with Gasteiger partial charge in [-0.15, -0.1) is 0 Å². The van der Waals surface area contributed by atoms with Crippen molar-refractivity contribution in [2.24, 2.45) is 5.73 Å². The van der Waals surface area contributed by atoms with E-state index in [1.807, 2.05) is 0 Å². The van der Waals surface area contributed by atoms with E-state index in [1.165, 1.54) is 25.8 Å². The van der Waals surface area contributed by atoms with Crippen LogP contribution in [0.4, 0.5) is 0 Å². The van der Waals surface area contributed by atoms with Crippen LogP contribution in [0.5, 0.6) is 0 Å². The van der Waals surface area contributed by atoms with Gasteiger partial charge in [-0.05, 0) is 45.7 Å². The smallest absolute Gasteiger partial charge is 0.0477 e. The number of hydrogen-bond acceptors (Lipinski definition) is 3. The Morgan fingerprint density at radius 1 is 1.47 bits per heavy atom. The normalized spacial score (nSPS) is 25.4. The summed E-state index contributed by atoms with van der Waals surface area (Å²) in [6, 6.07) is 1.36. The van der Waals surface area contributed by atoms with Crippen molar-refractivity contribution in [2.75, 3.05) is 26.8 Å². The molecule has 1 saturated heterocycles. The van der Waals surface area contributed by atoms with Gasteiger partial charge in [0.05, 0.1) is 0 Å². The molecule has 15 heavy (non-hydrogen) atoms. The molecule has 0 saturated carbocycles. The summed E-state index contributed by atoms with van der Waals surface area (Å²) in [6.45, 7) is 5.24. The van der Waals surface area contributed by atoms with Crippen LogP contribution in [-0.4, -0.2) is 43.8 Å². The van der Waals surface area contributed by atoms with Crippen molar-refractivity contribution in [3.05, 3.63) is 0 Å². The van der Waals surface area contributed by atoms with Gasteiger partial charge in [0, 0.05) is 25.8 Å². The third kappa shape index (κ3) is 4.09. The molecule has 1 heterocycles. The lowest BCUT2D eigenvalue weighted by molar-refractivity contribution is 0.0749. The average molecular weight is 214 g/mol. The van der Waals surface area contributed by atoms with Crippen molar-refractivity contribution in [1.29, 1.82) is 0 Å². The number of nitrogens with two attached hydrogens (primary N) is 1. The lowest BCUT2D eigenvalue weighted by Gasteiger charge is -2.40. The SMILES string of the molecule is COCCC(C)N1CCCCC1CCN. The maximum Gasteiger partial charge on any atom is 0.0477 e. The standard InChI is InChI=1S/C12H26N2O/c1-11(7-10-15-2)14-9-4-3-5-12(14)6-8-13/h11-12H,3-10,13H2,1-2H3. The number of hydrogen-bond donors (Lipinski definition) is 1. The highest BCUT2D eigenvalue weighted by Crippen LogP contribution is 2.22. The molecule has 1 aliphatic rings. The number of methoxy groups -OCH3 is 1. The fraction of sp³-hybridized carbons (Fsp3) is 1.00. The van der Waals surface area contributed by atoms with E-state index in [1.54, 1.807) is 7.11 Å². The molecule has 0 bridgehead atoms. The molecule has 0 aliphatic carbocycles. The summed E-state index contributed by atoms with van der Waals surface area (Å²) in [5.74, 6) is 0. The van der Waals surface area contributed by atoms with Crippen LogP contribution in [0, 0.1) is 0 Å². The van der Waals surface area contributed by atoms with Gasteiger partial charge in [0.2, 0.25) is 0 Å². The van der Waals surface area contributed by atoms with Crippen molar-refractivity contribution < 1.29 is 4.74 Å². The summed E-state index contributed by atoms with van der Waals surface area (Å²) >= 11 is 0. The summed E-state index contributed by atoms with van der Waals surface area (Å²) in [6.07, 6.45) is 6.33. The monoisotopic (exact) mass is 214 g/mol. The van der Waals surface area contributed by atoms with Crippen LogP contribution >= 0.6 is 0 Å². The van der Waals surface area contributed by atoms with Crippen LogP contribution in [0.3, 0.4) is 0 Å². The minimum atomic E-state index is 0.641. The lowest BCUT2D eigenvalue weighted by atomic mass is 9.97. The van der Waals surface area contributed by atoms with E-state index in [4.69, 9.17) is 10.5 Å². The van der Waals surface area contributed by atoms with Crippen molar-refractivity contribution in [1.82, 2.24) is 4.90 Å². The first-order chi connectivity index (χ1) is 7.29. The summed E-state index contributed by atoms with van der Waals surface area (Å²) in [4.78, 5) is 2.63. The third-order valence-electron chi connectivity index (χ3n) is 3.48. The highest BCUT2D eigenvalue weighted by Gasteiger charge is 2.25. The molecule has 1 rings (SSSR count). The zero-order valence-corrected chi connectivity index (χ0v) is 10.2. The van der Waals surface area contributed by atoms with E-state index in [0.717, 1.165) is 32.0 Å². The minimum absolute atomic E-state index is 0.641. The fourth-order valence-corrected chi connectivity index (χ4v) is 2.56. The zero-order chi connectivity index (χ0) is 11.1. The number of piperidine rings is 1. The minimum Gasteiger partial charge on any atom is -0.385 e. The molecule has 2 N–H and O–H groups in total. The van der Waals surface area contributed by atoms with E-state index in [2.05, 4.69) is 11.8 Å². The summed E-state index contributed by atoms with van der Waals surface area (Å²) in [5, 5.41) is 0. The zero-order valence-electron chi connectivity index (χ0n) is 10.2. The second kappa shape index (κ2) is 7.20. The molecule has 0 radical (unpaired) electrons. The predicted octanol–water partition coefficient (Wildman–Crippen LogP) is 1.61. The fourth-order valence-electron chi connectivity index (χ4n) is 2.56. The van der Waals surface area contributed by atoms with E-state index in [9.17, 15) is 0 Å². The summed E-state index contributed by atoms with van der Waals surface area (Å²) in [7, 11) is 1.78. The van der Waals surface area contributed by atoms with Crippen LogP contribution in [0.15, 0.2) is 0 Å². The number of rotatable bonds is 6. The van der Waals surface area contributed by atoms with Gasteiger partial charge < -0.3 is 10.5 Å². The molecule has 1 aliphatic heterocycles. The molecule has 0 amide bonds. The van der Waals surface area contributed by atoms with Crippen LogP contribution in [-0.2, 0) is 4.74 Å². The van der Waals surface area contributed by atoms with Crippen LogP contribution in [0.25, 0.3) is 0 Å². The lowest BCUT2D eigenvalue weighted by Crippen LogP contribution is -2.46. The molecule has 2 atom stereocenters. The Morgan fingerprint density at radius 3 is 2.93 bits per heavy atom. The van der Waals surface area contributed by atoms with Crippen LogP contribution in [0.2, 0.25) is 0 Å². The Bertz CT molecular complexity index is 162. The van der Waals surface area contributed by atoms with E-state index in [0.29, 0.717) is 6.04 Å². The maximum atomic E-state index is 5.67. The van der Waals surface area contributed by atoms with Gasteiger partial charge in [-0.25, -0.2) is 0 Å². The van der Waals surface area contributed by atoms with Crippen molar-refractivity contribution in [2.45, 2.75) is 51.1 Å². The number of nitrogens with zero attached hydrogens (tertiary/aromatic N) is 1. The molecular weight excluding hydrogens is 188 g/mol. The summed E-state index contributed by atoms with van der Waals surface area (Å²) < 4.78 is 5.15. The topological polar surface area (TPSA) is 38.5 Å². The van der Waals surface area contributed by atoms with E-state index >= 15 is 0 Å². The van der Waals surface area contributed by atoms with Crippen molar-refractivity contribution in [3.8, 4) is 0 Å². The molecule has 0 aromatic carbocycles. The molecule has 0 aromatic rings. The first-order valence-electron chi connectivity index (χ1n) is 6.24. The Labute approximate surface area is 94.0 Å². The van der Waals surface area contributed by atoms with E-state index < -0.39 is 0 Å². The highest BCUT2D eigenvalue weighted by molar-refractivity contribution is 4.81. The molecule has 1 fully saturated rings. The maximum absolute atomic E-state index is 5.67.